The van der Waals surface area contributed by atoms with Crippen molar-refractivity contribution in [1.82, 2.24) is 5.32 Å². The molecule has 0 spiro atoms. The summed E-state index contributed by atoms with van der Waals surface area (Å²) in [5, 5.41) is 12.4. The summed E-state index contributed by atoms with van der Waals surface area (Å²) in [4.78, 5) is 0. The maximum Gasteiger partial charge on any atom is 0.0584 e. The molecule has 0 amide bonds. The minimum absolute atomic E-state index is 0.261. The first kappa shape index (κ1) is 13.3. The van der Waals surface area contributed by atoms with Crippen LogP contribution in [0.25, 0.3) is 0 Å². The summed E-state index contributed by atoms with van der Waals surface area (Å²) in [6.07, 6.45) is 4.38. The minimum atomic E-state index is 0.261. The largest absolute Gasteiger partial charge is 0.395 e. The Morgan fingerprint density at radius 1 is 1.38 bits per heavy atom. The Kier molecular flexibility index (Phi) is 9.03. The predicted octanol–water partition coefficient (Wildman–Crippen LogP) is 1.74. The van der Waals surface area contributed by atoms with Crippen LogP contribution in [0.4, 0.5) is 0 Å². The van der Waals surface area contributed by atoms with E-state index in [1.54, 1.807) is 0 Å². The van der Waals surface area contributed by atoms with Crippen LogP contribution in [-0.2, 0) is 0 Å². The zero-order chi connectivity index (χ0) is 10.1. The third-order valence-corrected chi connectivity index (χ3v) is 2.63. The molecule has 0 heterocycles. The normalized spacial score (nSPS) is 13.6. The summed E-state index contributed by atoms with van der Waals surface area (Å²) in [7, 11) is 0. The fraction of sp³-hybridized carbons (Fsp3) is 1.00. The van der Waals surface area contributed by atoms with E-state index in [1.165, 1.54) is 12.2 Å². The van der Waals surface area contributed by atoms with E-state index in [9.17, 15) is 0 Å². The maximum atomic E-state index is 9.06. The highest BCUT2D eigenvalue weighted by atomic mass is 32.2. The third kappa shape index (κ3) is 8.60. The van der Waals surface area contributed by atoms with Gasteiger partial charge in [-0.25, -0.2) is 0 Å². The Bertz CT molecular complexity index is 109. The number of aliphatic hydroxyl groups is 1. The highest BCUT2D eigenvalue weighted by molar-refractivity contribution is 7.98. The Labute approximate surface area is 86.5 Å². The Morgan fingerprint density at radius 2 is 2.08 bits per heavy atom. The smallest absolute Gasteiger partial charge is 0.0584 e. The molecule has 2 N–H and O–H groups in total. The second-order valence-electron chi connectivity index (χ2n) is 3.81. The molecule has 3 heteroatoms. The van der Waals surface area contributed by atoms with Crippen LogP contribution < -0.4 is 5.32 Å². The molecule has 0 aromatic rings. The fourth-order valence-electron chi connectivity index (χ4n) is 1.31. The second-order valence-corrected chi connectivity index (χ2v) is 4.80. The lowest BCUT2D eigenvalue weighted by molar-refractivity contribution is 0.225. The molecule has 0 aliphatic carbocycles. The first-order valence-electron chi connectivity index (χ1n) is 5.03. The van der Waals surface area contributed by atoms with Crippen molar-refractivity contribution in [1.29, 1.82) is 0 Å². The van der Waals surface area contributed by atoms with Gasteiger partial charge in [0.2, 0.25) is 0 Å². The van der Waals surface area contributed by atoms with E-state index in [0.29, 0.717) is 12.0 Å². The lowest BCUT2D eigenvalue weighted by atomic mass is 10.0. The highest BCUT2D eigenvalue weighted by Gasteiger charge is 2.07. The molecule has 1 unspecified atom stereocenters. The number of hydrogen-bond acceptors (Lipinski definition) is 3. The molecular formula is C10H23NOS. The molecule has 80 valence electrons. The molecule has 0 bridgehead atoms. The lowest BCUT2D eigenvalue weighted by Gasteiger charge is -2.17. The molecule has 0 aromatic carbocycles. The van der Waals surface area contributed by atoms with Gasteiger partial charge in [0.25, 0.3) is 0 Å². The molecule has 2 nitrogen and oxygen atoms in total. The van der Waals surface area contributed by atoms with E-state index in [1.807, 2.05) is 11.8 Å². The number of rotatable bonds is 8. The van der Waals surface area contributed by atoms with E-state index in [4.69, 9.17) is 5.11 Å². The average Bonchev–Trinajstić information content (AvgIpc) is 2.09. The van der Waals surface area contributed by atoms with Crippen LogP contribution in [-0.4, -0.2) is 36.3 Å². The Morgan fingerprint density at radius 3 is 2.54 bits per heavy atom. The van der Waals surface area contributed by atoms with Crippen molar-refractivity contribution in [2.75, 3.05) is 25.2 Å². The molecule has 0 saturated heterocycles. The summed E-state index contributed by atoms with van der Waals surface area (Å²) in [6, 6.07) is 0.293. The summed E-state index contributed by atoms with van der Waals surface area (Å²) in [5.74, 6) is 1.86. The van der Waals surface area contributed by atoms with Crippen molar-refractivity contribution in [2.24, 2.45) is 5.92 Å². The van der Waals surface area contributed by atoms with E-state index in [0.717, 1.165) is 13.0 Å². The summed E-state index contributed by atoms with van der Waals surface area (Å²) < 4.78 is 0. The minimum Gasteiger partial charge on any atom is -0.395 e. The van der Waals surface area contributed by atoms with Gasteiger partial charge >= 0.3 is 0 Å². The molecule has 0 aromatic heterocycles. The Hall–Kier alpha value is 0.270. The number of aliphatic hydroxyl groups excluding tert-OH is 1. The third-order valence-electron chi connectivity index (χ3n) is 1.93. The van der Waals surface area contributed by atoms with Gasteiger partial charge in [-0.2, -0.15) is 11.8 Å². The van der Waals surface area contributed by atoms with Crippen LogP contribution >= 0.6 is 11.8 Å². The molecule has 0 aliphatic rings. The standard InChI is InChI=1S/C10H23NOS/c1-9(2)7-10(8-12)11-5-4-6-13-3/h9-12H,4-8H2,1-3H3. The van der Waals surface area contributed by atoms with Gasteiger partial charge in [0.1, 0.15) is 0 Å². The Balaban J connectivity index is 3.36. The van der Waals surface area contributed by atoms with Crippen molar-refractivity contribution in [2.45, 2.75) is 32.7 Å². The van der Waals surface area contributed by atoms with E-state index >= 15 is 0 Å². The predicted molar refractivity (Wildman–Crippen MR) is 61.3 cm³/mol. The van der Waals surface area contributed by atoms with Crippen LogP contribution in [0.15, 0.2) is 0 Å². The van der Waals surface area contributed by atoms with Crippen molar-refractivity contribution < 1.29 is 5.11 Å². The van der Waals surface area contributed by atoms with Crippen LogP contribution in [0.3, 0.4) is 0 Å². The average molecular weight is 205 g/mol. The number of thioether (sulfide) groups is 1. The van der Waals surface area contributed by atoms with Gasteiger partial charge in [-0.15, -0.1) is 0 Å². The van der Waals surface area contributed by atoms with Crippen LogP contribution in [0, 0.1) is 5.92 Å². The van der Waals surface area contributed by atoms with Crippen molar-refractivity contribution in [3.05, 3.63) is 0 Å². The molecule has 0 rings (SSSR count). The van der Waals surface area contributed by atoms with Crippen molar-refractivity contribution in [3.8, 4) is 0 Å². The van der Waals surface area contributed by atoms with Gasteiger partial charge in [-0.1, -0.05) is 13.8 Å². The highest BCUT2D eigenvalue weighted by Crippen LogP contribution is 2.04. The monoisotopic (exact) mass is 205 g/mol. The van der Waals surface area contributed by atoms with Crippen LogP contribution in [0.2, 0.25) is 0 Å². The van der Waals surface area contributed by atoms with E-state index < -0.39 is 0 Å². The van der Waals surface area contributed by atoms with Gasteiger partial charge in [0.15, 0.2) is 0 Å². The fourth-order valence-corrected chi connectivity index (χ4v) is 1.75. The van der Waals surface area contributed by atoms with E-state index in [2.05, 4.69) is 25.4 Å². The van der Waals surface area contributed by atoms with Crippen molar-refractivity contribution in [3.63, 3.8) is 0 Å². The molecule has 1 atom stereocenters. The summed E-state index contributed by atoms with van der Waals surface area (Å²) >= 11 is 1.87. The molecule has 0 aliphatic heterocycles. The molecule has 0 radical (unpaired) electrons. The quantitative estimate of drug-likeness (QED) is 0.592. The zero-order valence-electron chi connectivity index (χ0n) is 9.05. The second kappa shape index (κ2) is 8.85. The first-order chi connectivity index (χ1) is 6.20. The molecule has 13 heavy (non-hydrogen) atoms. The van der Waals surface area contributed by atoms with Crippen LogP contribution in [0.5, 0.6) is 0 Å². The maximum absolute atomic E-state index is 9.06. The molecule has 0 fully saturated rings. The molecule has 0 saturated carbocycles. The SMILES string of the molecule is CSCCCNC(CO)CC(C)C. The van der Waals surface area contributed by atoms with Gasteiger partial charge in [-0.3, -0.25) is 0 Å². The zero-order valence-corrected chi connectivity index (χ0v) is 9.86. The lowest BCUT2D eigenvalue weighted by Crippen LogP contribution is -2.34. The number of nitrogens with one attached hydrogen (secondary N) is 1. The van der Waals surface area contributed by atoms with Gasteiger partial charge in [0.05, 0.1) is 6.61 Å². The first-order valence-corrected chi connectivity index (χ1v) is 6.43. The van der Waals surface area contributed by atoms with Crippen LogP contribution in [0.1, 0.15) is 26.7 Å². The van der Waals surface area contributed by atoms with Gasteiger partial charge < -0.3 is 10.4 Å². The van der Waals surface area contributed by atoms with Gasteiger partial charge in [-0.05, 0) is 37.3 Å². The summed E-state index contributed by atoms with van der Waals surface area (Å²) in [5.41, 5.74) is 0. The van der Waals surface area contributed by atoms with E-state index in [-0.39, 0.29) is 6.61 Å². The number of hydrogen-bond donors (Lipinski definition) is 2. The summed E-state index contributed by atoms with van der Waals surface area (Å²) in [6.45, 7) is 5.66. The molecular weight excluding hydrogens is 182 g/mol. The van der Waals surface area contributed by atoms with Gasteiger partial charge in [0, 0.05) is 6.04 Å². The topological polar surface area (TPSA) is 32.3 Å². The van der Waals surface area contributed by atoms with Crippen molar-refractivity contribution >= 4 is 11.8 Å².